The van der Waals surface area contributed by atoms with Crippen LogP contribution in [0.1, 0.15) is 23.8 Å². The van der Waals surface area contributed by atoms with Crippen LogP contribution in [0.15, 0.2) is 24.3 Å². The third-order valence-corrected chi connectivity index (χ3v) is 4.35. The second kappa shape index (κ2) is 5.65. The number of carbonyl (C=O) groups excluding carboxylic acids is 1. The summed E-state index contributed by atoms with van der Waals surface area (Å²) in [5.74, 6) is -1.32. The van der Waals surface area contributed by atoms with E-state index in [-0.39, 0.29) is 18.4 Å². The SMILES string of the molecule is CC1CC(C(=O)O)CN(C(=O)c2cc3ccc(Cl)cc3[nH]2)C1. The number of rotatable bonds is 2. The molecule has 2 unspecified atom stereocenters. The lowest BCUT2D eigenvalue weighted by atomic mass is 9.90. The molecule has 0 bridgehead atoms. The van der Waals surface area contributed by atoms with Crippen molar-refractivity contribution < 1.29 is 14.7 Å². The van der Waals surface area contributed by atoms with E-state index in [1.165, 1.54) is 0 Å². The largest absolute Gasteiger partial charge is 0.481 e. The van der Waals surface area contributed by atoms with Crippen molar-refractivity contribution in [1.29, 1.82) is 0 Å². The lowest BCUT2D eigenvalue weighted by Crippen LogP contribution is -2.45. The molecule has 3 rings (SSSR count). The number of aliphatic carboxylic acids is 1. The highest BCUT2D eigenvalue weighted by molar-refractivity contribution is 6.31. The Balaban J connectivity index is 1.86. The van der Waals surface area contributed by atoms with Crippen molar-refractivity contribution >= 4 is 34.4 Å². The third-order valence-electron chi connectivity index (χ3n) is 4.11. The van der Waals surface area contributed by atoms with E-state index in [9.17, 15) is 14.7 Å². The van der Waals surface area contributed by atoms with Crippen molar-refractivity contribution in [2.75, 3.05) is 13.1 Å². The van der Waals surface area contributed by atoms with Crippen LogP contribution in [-0.4, -0.2) is 40.0 Å². The number of nitrogens with zero attached hydrogens (tertiary/aromatic N) is 1. The maximum atomic E-state index is 12.6. The number of carboxylic acids is 1. The highest BCUT2D eigenvalue weighted by Gasteiger charge is 2.32. The van der Waals surface area contributed by atoms with Gasteiger partial charge in [0.25, 0.3) is 5.91 Å². The first-order chi connectivity index (χ1) is 10.4. The summed E-state index contributed by atoms with van der Waals surface area (Å²) in [4.78, 5) is 28.6. The van der Waals surface area contributed by atoms with Gasteiger partial charge in [-0.05, 0) is 30.5 Å². The average molecular weight is 321 g/mol. The second-order valence-corrected chi connectivity index (χ2v) is 6.44. The van der Waals surface area contributed by atoms with E-state index in [1.54, 1.807) is 23.1 Å². The number of piperidine rings is 1. The van der Waals surface area contributed by atoms with Gasteiger partial charge in [0.1, 0.15) is 5.69 Å². The third kappa shape index (κ3) is 2.81. The van der Waals surface area contributed by atoms with Gasteiger partial charge in [0, 0.05) is 29.0 Å². The van der Waals surface area contributed by atoms with Crippen molar-refractivity contribution in [2.45, 2.75) is 13.3 Å². The van der Waals surface area contributed by atoms with Gasteiger partial charge in [0.15, 0.2) is 0 Å². The van der Waals surface area contributed by atoms with Gasteiger partial charge >= 0.3 is 5.97 Å². The second-order valence-electron chi connectivity index (χ2n) is 6.00. The van der Waals surface area contributed by atoms with E-state index in [0.29, 0.717) is 23.7 Å². The van der Waals surface area contributed by atoms with E-state index < -0.39 is 11.9 Å². The first-order valence-electron chi connectivity index (χ1n) is 7.24. The summed E-state index contributed by atoms with van der Waals surface area (Å²) >= 11 is 5.95. The molecular weight excluding hydrogens is 304 g/mol. The Morgan fingerprint density at radius 3 is 2.82 bits per heavy atom. The molecule has 0 radical (unpaired) electrons. The molecule has 116 valence electrons. The summed E-state index contributed by atoms with van der Waals surface area (Å²) in [7, 11) is 0. The van der Waals surface area contributed by atoms with Gasteiger partial charge in [-0.1, -0.05) is 24.6 Å². The summed E-state index contributed by atoms with van der Waals surface area (Å²) in [6.07, 6.45) is 0.613. The zero-order chi connectivity index (χ0) is 15.9. The average Bonchev–Trinajstić information content (AvgIpc) is 2.88. The number of amides is 1. The Morgan fingerprint density at radius 1 is 1.32 bits per heavy atom. The number of hydrogen-bond acceptors (Lipinski definition) is 2. The Hall–Kier alpha value is -2.01. The van der Waals surface area contributed by atoms with Crippen LogP contribution in [-0.2, 0) is 4.79 Å². The van der Waals surface area contributed by atoms with E-state index in [1.807, 2.05) is 13.0 Å². The van der Waals surface area contributed by atoms with E-state index >= 15 is 0 Å². The predicted molar refractivity (Wildman–Crippen MR) is 84.1 cm³/mol. The van der Waals surface area contributed by atoms with Crippen LogP contribution in [0.4, 0.5) is 0 Å². The normalized spacial score (nSPS) is 22.0. The number of fused-ring (bicyclic) bond motifs is 1. The molecule has 1 aliphatic heterocycles. The van der Waals surface area contributed by atoms with E-state index in [0.717, 1.165) is 10.9 Å². The quantitative estimate of drug-likeness (QED) is 0.893. The number of nitrogens with one attached hydrogen (secondary N) is 1. The number of carbonyl (C=O) groups is 2. The van der Waals surface area contributed by atoms with Crippen LogP contribution < -0.4 is 0 Å². The minimum atomic E-state index is -0.840. The number of carboxylic acid groups (broad SMARTS) is 1. The van der Waals surface area contributed by atoms with Crippen LogP contribution in [0.2, 0.25) is 5.02 Å². The molecule has 2 atom stereocenters. The minimum Gasteiger partial charge on any atom is -0.481 e. The molecule has 5 nitrogen and oxygen atoms in total. The maximum Gasteiger partial charge on any atom is 0.308 e. The predicted octanol–water partition coefficient (Wildman–Crippen LogP) is 3.00. The number of aromatic nitrogens is 1. The molecule has 2 heterocycles. The van der Waals surface area contributed by atoms with Crippen molar-refractivity contribution in [2.24, 2.45) is 11.8 Å². The number of halogens is 1. The highest BCUT2D eigenvalue weighted by atomic mass is 35.5. The minimum absolute atomic E-state index is 0.162. The van der Waals surface area contributed by atoms with Crippen LogP contribution in [0.3, 0.4) is 0 Å². The maximum absolute atomic E-state index is 12.6. The summed E-state index contributed by atoms with van der Waals surface area (Å²) in [5.41, 5.74) is 1.27. The van der Waals surface area contributed by atoms with Gasteiger partial charge in [-0.25, -0.2) is 0 Å². The molecule has 0 aliphatic carbocycles. The Labute approximate surface area is 132 Å². The molecule has 6 heteroatoms. The summed E-state index contributed by atoms with van der Waals surface area (Å²) in [6.45, 7) is 2.81. The lowest BCUT2D eigenvalue weighted by molar-refractivity contribution is -0.143. The number of hydrogen-bond donors (Lipinski definition) is 2. The molecule has 1 aromatic heterocycles. The molecule has 1 saturated heterocycles. The standard InChI is InChI=1S/C16H17ClN2O3/c1-9-4-11(16(21)22)8-19(7-9)15(20)14-5-10-2-3-12(17)6-13(10)18-14/h2-3,5-6,9,11,18H,4,7-8H2,1H3,(H,21,22). The highest BCUT2D eigenvalue weighted by Crippen LogP contribution is 2.25. The van der Waals surface area contributed by atoms with Crippen LogP contribution in [0, 0.1) is 11.8 Å². The molecule has 0 saturated carbocycles. The smallest absolute Gasteiger partial charge is 0.308 e. The zero-order valence-corrected chi connectivity index (χ0v) is 12.9. The van der Waals surface area contributed by atoms with Gasteiger partial charge in [0.2, 0.25) is 0 Å². The Kier molecular flexibility index (Phi) is 3.83. The number of aromatic amines is 1. The van der Waals surface area contributed by atoms with Crippen molar-refractivity contribution in [3.8, 4) is 0 Å². The van der Waals surface area contributed by atoms with Crippen LogP contribution >= 0.6 is 11.6 Å². The number of H-pyrrole nitrogens is 1. The molecule has 2 aromatic rings. The molecule has 1 aromatic carbocycles. The molecule has 1 amide bonds. The monoisotopic (exact) mass is 320 g/mol. The summed E-state index contributed by atoms with van der Waals surface area (Å²) < 4.78 is 0. The lowest BCUT2D eigenvalue weighted by Gasteiger charge is -2.34. The Morgan fingerprint density at radius 2 is 2.09 bits per heavy atom. The van der Waals surface area contributed by atoms with Crippen LogP contribution in [0.25, 0.3) is 10.9 Å². The van der Waals surface area contributed by atoms with Crippen LogP contribution in [0.5, 0.6) is 0 Å². The first-order valence-corrected chi connectivity index (χ1v) is 7.62. The van der Waals surface area contributed by atoms with Gasteiger partial charge in [-0.3, -0.25) is 9.59 Å². The molecule has 0 spiro atoms. The summed E-state index contributed by atoms with van der Waals surface area (Å²) in [6, 6.07) is 7.18. The van der Waals surface area contributed by atoms with Gasteiger partial charge in [-0.15, -0.1) is 0 Å². The molecule has 22 heavy (non-hydrogen) atoms. The van der Waals surface area contributed by atoms with Gasteiger partial charge in [-0.2, -0.15) is 0 Å². The topological polar surface area (TPSA) is 73.4 Å². The molecule has 1 aliphatic rings. The van der Waals surface area contributed by atoms with Gasteiger partial charge < -0.3 is 15.0 Å². The van der Waals surface area contributed by atoms with E-state index in [4.69, 9.17) is 11.6 Å². The zero-order valence-electron chi connectivity index (χ0n) is 12.2. The molecule has 1 fully saturated rings. The fourth-order valence-corrected chi connectivity index (χ4v) is 3.25. The fraction of sp³-hybridized carbons (Fsp3) is 0.375. The number of benzene rings is 1. The van der Waals surface area contributed by atoms with E-state index in [2.05, 4.69) is 4.98 Å². The Bertz CT molecular complexity index is 740. The van der Waals surface area contributed by atoms with Crippen molar-refractivity contribution in [1.82, 2.24) is 9.88 Å². The van der Waals surface area contributed by atoms with Crippen molar-refractivity contribution in [3.63, 3.8) is 0 Å². The van der Waals surface area contributed by atoms with Gasteiger partial charge in [0.05, 0.1) is 5.92 Å². The first kappa shape index (κ1) is 14.9. The fourth-order valence-electron chi connectivity index (χ4n) is 3.08. The number of likely N-dealkylation sites (tertiary alicyclic amines) is 1. The molecular formula is C16H17ClN2O3. The summed E-state index contributed by atoms with van der Waals surface area (Å²) in [5, 5.41) is 10.7. The van der Waals surface area contributed by atoms with Crippen molar-refractivity contribution in [3.05, 3.63) is 35.0 Å². The molecule has 2 N–H and O–H groups in total.